The molecule has 0 bridgehead atoms. The van der Waals surface area contributed by atoms with Crippen LogP contribution in [0.15, 0.2) is 48.5 Å². The molecule has 1 fully saturated rings. The number of phenols is 1. The van der Waals surface area contributed by atoms with Crippen LogP contribution in [0.2, 0.25) is 0 Å². The van der Waals surface area contributed by atoms with Crippen molar-refractivity contribution >= 4 is 28.4 Å². The highest BCUT2D eigenvalue weighted by molar-refractivity contribution is 8.24. The fourth-order valence-electron chi connectivity index (χ4n) is 2.73. The minimum atomic E-state index is -3.37. The van der Waals surface area contributed by atoms with Crippen molar-refractivity contribution in [1.82, 2.24) is 10.0 Å². The lowest BCUT2D eigenvalue weighted by atomic mass is 10.1. The molecule has 0 radical (unpaired) electrons. The summed E-state index contributed by atoms with van der Waals surface area (Å²) in [7, 11) is -3.37. The molecule has 1 aliphatic rings. The number of aromatic hydroxyl groups is 1. The van der Waals surface area contributed by atoms with Gasteiger partial charge in [0.2, 0.25) is 0 Å². The van der Waals surface area contributed by atoms with Crippen molar-refractivity contribution in [3.8, 4) is 5.75 Å². The van der Waals surface area contributed by atoms with Crippen LogP contribution in [0.3, 0.4) is 0 Å². The van der Waals surface area contributed by atoms with Gasteiger partial charge in [-0.3, -0.25) is 13.4 Å². The number of hydrogen-bond donors (Lipinski definition) is 7. The number of aliphatic hydroxyl groups excluding tert-OH is 1. The normalized spacial score (nSPS) is 19.5. The van der Waals surface area contributed by atoms with E-state index >= 15 is 0 Å². The fraction of sp³-hybridized carbons (Fsp3) is 0.235. The molecule has 9 nitrogen and oxygen atoms in total. The topological polar surface area (TPSA) is 137 Å². The number of urea groups is 1. The number of phenolic OH excluding ortho intramolecular Hbond substituents is 1. The Morgan fingerprint density at radius 3 is 2.59 bits per heavy atom. The molecule has 2 amide bonds. The number of aliphatic hydroxyl groups is 1. The first-order valence-corrected chi connectivity index (χ1v) is 9.78. The molecular weight excluding hydrogens is 372 g/mol. The van der Waals surface area contributed by atoms with E-state index in [1.54, 1.807) is 24.3 Å². The van der Waals surface area contributed by atoms with Crippen molar-refractivity contribution in [2.24, 2.45) is 0 Å². The minimum Gasteiger partial charge on any atom is -0.506 e. The first-order valence-electron chi connectivity index (χ1n) is 8.28. The number of nitrogens with one attached hydrogen (secondary N) is 3. The van der Waals surface area contributed by atoms with E-state index in [9.17, 15) is 24.1 Å². The number of benzene rings is 2. The van der Waals surface area contributed by atoms with Crippen LogP contribution < -0.4 is 19.7 Å². The Kier molecular flexibility index (Phi) is 5.73. The van der Waals surface area contributed by atoms with E-state index in [0.29, 0.717) is 18.7 Å². The Bertz CT molecular complexity index is 805. The van der Waals surface area contributed by atoms with Crippen LogP contribution in [-0.4, -0.2) is 44.7 Å². The lowest BCUT2D eigenvalue weighted by Gasteiger charge is -2.36. The zero-order chi connectivity index (χ0) is 19.4. The lowest BCUT2D eigenvalue weighted by molar-refractivity contribution is 0.182. The summed E-state index contributed by atoms with van der Waals surface area (Å²) in [6.07, 6.45) is -0.617. The van der Waals surface area contributed by atoms with Crippen molar-refractivity contribution in [2.45, 2.75) is 12.6 Å². The molecule has 146 valence electrons. The van der Waals surface area contributed by atoms with Crippen molar-refractivity contribution in [3.05, 3.63) is 54.1 Å². The maximum atomic E-state index is 11.8. The van der Waals surface area contributed by atoms with Gasteiger partial charge in [0, 0.05) is 12.2 Å². The average Bonchev–Trinajstić information content (AvgIpc) is 2.88. The van der Waals surface area contributed by atoms with Crippen LogP contribution in [0.1, 0.15) is 5.56 Å². The van der Waals surface area contributed by atoms with Crippen molar-refractivity contribution in [1.29, 1.82) is 0 Å². The van der Waals surface area contributed by atoms with Gasteiger partial charge in [-0.2, -0.15) is 4.72 Å². The summed E-state index contributed by atoms with van der Waals surface area (Å²) in [5.41, 5.74) is 1.66. The number of carbonyl (C=O) groups excluding carboxylic acids is 1. The number of β-amino-alcohol motifs (C(OH)–C–C–N with tert-alkyl or cyclic N) is 1. The highest BCUT2D eigenvalue weighted by atomic mass is 32.3. The molecule has 1 aliphatic heterocycles. The van der Waals surface area contributed by atoms with Crippen molar-refractivity contribution in [2.75, 3.05) is 22.7 Å². The van der Waals surface area contributed by atoms with Gasteiger partial charge < -0.3 is 20.8 Å². The van der Waals surface area contributed by atoms with E-state index in [2.05, 4.69) is 15.4 Å². The molecule has 0 aliphatic carbocycles. The molecule has 0 aromatic heterocycles. The predicted molar refractivity (Wildman–Crippen MR) is 105 cm³/mol. The molecule has 3 rings (SSSR count). The second-order valence-electron chi connectivity index (χ2n) is 6.03. The van der Waals surface area contributed by atoms with Gasteiger partial charge in [0.15, 0.2) is 0 Å². The highest BCUT2D eigenvalue weighted by Crippen LogP contribution is 2.49. The van der Waals surface area contributed by atoms with Gasteiger partial charge >= 0.3 is 6.03 Å². The van der Waals surface area contributed by atoms with Crippen LogP contribution in [-0.2, 0) is 6.42 Å². The Labute approximate surface area is 158 Å². The standard InChI is InChI=1S/C17H22N4O5S/c22-15-10-12(6-7-14(15)21-11-16(23)20-27(21,25)26)8-9-18-17(24)19-13-4-2-1-3-5-13/h1-7,10,16,20,22-23,25-26H,8-9,11H2,(H2,18,19,24). The van der Waals surface area contributed by atoms with E-state index in [-0.39, 0.29) is 24.0 Å². The molecule has 1 unspecified atom stereocenters. The number of para-hydroxylation sites is 1. The highest BCUT2D eigenvalue weighted by Gasteiger charge is 2.36. The molecule has 1 heterocycles. The third-order valence-corrected chi connectivity index (χ3v) is 5.53. The van der Waals surface area contributed by atoms with E-state index in [1.807, 2.05) is 18.2 Å². The van der Waals surface area contributed by atoms with E-state index in [1.165, 1.54) is 6.07 Å². The van der Waals surface area contributed by atoms with E-state index < -0.39 is 17.2 Å². The maximum Gasteiger partial charge on any atom is 0.319 e. The molecule has 10 heteroatoms. The second-order valence-corrected chi connectivity index (χ2v) is 7.75. The number of rotatable bonds is 5. The first kappa shape index (κ1) is 19.3. The van der Waals surface area contributed by atoms with Crippen molar-refractivity contribution in [3.63, 3.8) is 0 Å². The van der Waals surface area contributed by atoms with Gasteiger partial charge in [-0.15, -0.1) is 0 Å². The summed E-state index contributed by atoms with van der Waals surface area (Å²) < 4.78 is 23.2. The van der Waals surface area contributed by atoms with Gasteiger partial charge in [-0.1, -0.05) is 35.2 Å². The summed E-state index contributed by atoms with van der Waals surface area (Å²) in [6.45, 7) is 0.299. The van der Waals surface area contributed by atoms with Gasteiger partial charge in [0.05, 0.1) is 6.54 Å². The molecule has 1 atom stereocenters. The van der Waals surface area contributed by atoms with Crippen LogP contribution in [0, 0.1) is 0 Å². The van der Waals surface area contributed by atoms with Crippen LogP contribution in [0.25, 0.3) is 0 Å². The second kappa shape index (κ2) is 8.03. The fourth-order valence-corrected chi connectivity index (χ4v) is 4.08. The maximum absolute atomic E-state index is 11.8. The Balaban J connectivity index is 1.54. The SMILES string of the molecule is O=C(NCCc1ccc(N2CC(O)NS2(O)O)c(O)c1)Nc1ccccc1. The molecule has 7 N–H and O–H groups in total. The Morgan fingerprint density at radius 2 is 1.96 bits per heavy atom. The molecular formula is C17H22N4O5S. The summed E-state index contributed by atoms with van der Waals surface area (Å²) in [5, 5.41) is 25.2. The van der Waals surface area contributed by atoms with E-state index in [0.717, 1.165) is 9.87 Å². The lowest BCUT2D eigenvalue weighted by Crippen LogP contribution is -2.30. The zero-order valence-corrected chi connectivity index (χ0v) is 15.2. The first-order chi connectivity index (χ1) is 12.8. The quantitative estimate of drug-likeness (QED) is 0.412. The summed E-state index contributed by atoms with van der Waals surface area (Å²) >= 11 is 0. The molecule has 1 saturated heterocycles. The third-order valence-electron chi connectivity index (χ3n) is 3.98. The monoisotopic (exact) mass is 394 g/mol. The van der Waals surface area contributed by atoms with Gasteiger partial charge in [0.1, 0.15) is 17.7 Å². The number of hydrogen-bond acceptors (Lipinski definition) is 7. The number of anilines is 2. The Morgan fingerprint density at radius 1 is 1.22 bits per heavy atom. The largest absolute Gasteiger partial charge is 0.506 e. The molecule has 2 aromatic carbocycles. The summed E-state index contributed by atoms with van der Waals surface area (Å²) in [6, 6.07) is 13.5. The number of nitrogens with zero attached hydrogens (tertiary/aromatic N) is 1. The van der Waals surface area contributed by atoms with Gasteiger partial charge in [-0.25, -0.2) is 4.79 Å². The average molecular weight is 394 g/mol. The summed E-state index contributed by atoms with van der Waals surface area (Å²) in [4.78, 5) is 11.8. The Hall–Kier alpha value is -2.50. The van der Waals surface area contributed by atoms with Crippen LogP contribution in [0.4, 0.5) is 16.2 Å². The van der Waals surface area contributed by atoms with Gasteiger partial charge in [-0.05, 0) is 36.2 Å². The van der Waals surface area contributed by atoms with Crippen LogP contribution >= 0.6 is 11.0 Å². The molecule has 27 heavy (non-hydrogen) atoms. The third kappa shape index (κ3) is 4.81. The predicted octanol–water partition coefficient (Wildman–Crippen LogP) is 2.06. The molecule has 0 spiro atoms. The van der Waals surface area contributed by atoms with Crippen molar-refractivity contribution < 1.29 is 24.1 Å². The zero-order valence-electron chi connectivity index (χ0n) is 14.4. The minimum absolute atomic E-state index is 0.0591. The smallest absolute Gasteiger partial charge is 0.319 e. The summed E-state index contributed by atoms with van der Waals surface area (Å²) in [5.74, 6) is -0.142. The number of amides is 2. The molecule has 0 saturated carbocycles. The van der Waals surface area contributed by atoms with E-state index in [4.69, 9.17) is 0 Å². The number of carbonyl (C=O) groups is 1. The van der Waals surface area contributed by atoms with Crippen LogP contribution in [0.5, 0.6) is 5.75 Å². The van der Waals surface area contributed by atoms with Gasteiger partial charge in [0.25, 0.3) is 0 Å². The molecule has 2 aromatic rings.